The summed E-state index contributed by atoms with van der Waals surface area (Å²) in [7, 11) is 1.69. The van der Waals surface area contributed by atoms with Crippen molar-refractivity contribution in [3.8, 4) is 0 Å². The zero-order valence-electron chi connectivity index (χ0n) is 9.37. The number of aromatic nitrogens is 2. The van der Waals surface area contributed by atoms with Crippen LogP contribution in [0, 0.1) is 6.92 Å². The molecule has 3 nitrogen and oxygen atoms in total. The molecule has 0 radical (unpaired) electrons. The van der Waals surface area contributed by atoms with Gasteiger partial charge in [-0.3, -0.25) is 9.48 Å². The summed E-state index contributed by atoms with van der Waals surface area (Å²) >= 11 is 12.0. The minimum atomic E-state index is -0.203. The van der Waals surface area contributed by atoms with E-state index in [1.807, 2.05) is 0 Å². The molecule has 0 fully saturated rings. The van der Waals surface area contributed by atoms with E-state index >= 15 is 0 Å². The Morgan fingerprint density at radius 2 is 1.94 bits per heavy atom. The number of hydrogen-bond donors (Lipinski definition) is 0. The molecule has 0 aliphatic heterocycles. The fourth-order valence-corrected chi connectivity index (χ4v) is 2.15. The smallest absolute Gasteiger partial charge is 0.199 e. The SMILES string of the molecule is Cc1nn(C)c(Cl)c1C(=O)c1ccccc1Cl. The second-order valence-corrected chi connectivity index (χ2v) is 4.45. The van der Waals surface area contributed by atoms with E-state index in [4.69, 9.17) is 23.2 Å². The van der Waals surface area contributed by atoms with Crippen LogP contribution in [0.5, 0.6) is 0 Å². The van der Waals surface area contributed by atoms with E-state index < -0.39 is 0 Å². The summed E-state index contributed by atoms with van der Waals surface area (Å²) < 4.78 is 1.47. The first-order chi connectivity index (χ1) is 8.02. The molecule has 17 heavy (non-hydrogen) atoms. The molecular weight excluding hydrogens is 259 g/mol. The second kappa shape index (κ2) is 4.51. The van der Waals surface area contributed by atoms with E-state index in [2.05, 4.69) is 5.10 Å². The Morgan fingerprint density at radius 3 is 2.47 bits per heavy atom. The van der Waals surface area contributed by atoms with E-state index in [0.29, 0.717) is 27.0 Å². The zero-order chi connectivity index (χ0) is 12.6. The highest BCUT2D eigenvalue weighted by Gasteiger charge is 2.21. The van der Waals surface area contributed by atoms with Crippen LogP contribution in [0.4, 0.5) is 0 Å². The number of ketones is 1. The van der Waals surface area contributed by atoms with E-state index in [1.54, 1.807) is 38.2 Å². The Hall–Kier alpha value is -1.32. The van der Waals surface area contributed by atoms with Gasteiger partial charge in [-0.15, -0.1) is 0 Å². The quantitative estimate of drug-likeness (QED) is 0.784. The molecule has 2 rings (SSSR count). The molecule has 0 N–H and O–H groups in total. The Morgan fingerprint density at radius 1 is 1.29 bits per heavy atom. The number of halogens is 2. The predicted molar refractivity (Wildman–Crippen MR) is 67.8 cm³/mol. The number of hydrogen-bond acceptors (Lipinski definition) is 2. The molecule has 0 spiro atoms. The van der Waals surface area contributed by atoms with Crippen LogP contribution in [-0.2, 0) is 7.05 Å². The van der Waals surface area contributed by atoms with Crippen molar-refractivity contribution in [1.82, 2.24) is 9.78 Å². The maximum atomic E-state index is 12.3. The number of rotatable bonds is 2. The standard InChI is InChI=1S/C12H10Cl2N2O/c1-7-10(12(14)16(2)15-7)11(17)8-5-3-4-6-9(8)13/h3-6H,1-2H3. The first-order valence-corrected chi connectivity index (χ1v) is 5.76. The van der Waals surface area contributed by atoms with Gasteiger partial charge in [-0.25, -0.2) is 0 Å². The molecule has 1 aromatic heterocycles. The van der Waals surface area contributed by atoms with Crippen molar-refractivity contribution < 1.29 is 4.79 Å². The van der Waals surface area contributed by atoms with Crippen molar-refractivity contribution in [2.45, 2.75) is 6.92 Å². The highest BCUT2D eigenvalue weighted by molar-refractivity contribution is 6.37. The molecule has 0 saturated carbocycles. The van der Waals surface area contributed by atoms with Gasteiger partial charge in [0.15, 0.2) is 5.78 Å². The van der Waals surface area contributed by atoms with Crippen LogP contribution in [0.15, 0.2) is 24.3 Å². The predicted octanol–water partition coefficient (Wildman–Crippen LogP) is 3.27. The van der Waals surface area contributed by atoms with E-state index in [0.717, 1.165) is 0 Å². The zero-order valence-corrected chi connectivity index (χ0v) is 10.9. The Labute approximate surface area is 109 Å². The second-order valence-electron chi connectivity index (χ2n) is 3.68. The fraction of sp³-hybridized carbons (Fsp3) is 0.167. The van der Waals surface area contributed by atoms with Crippen molar-refractivity contribution in [3.63, 3.8) is 0 Å². The lowest BCUT2D eigenvalue weighted by Gasteiger charge is -2.02. The van der Waals surface area contributed by atoms with E-state index in [9.17, 15) is 4.79 Å². The van der Waals surface area contributed by atoms with Gasteiger partial charge in [0.25, 0.3) is 0 Å². The van der Waals surface area contributed by atoms with Crippen LogP contribution in [0.2, 0.25) is 10.2 Å². The van der Waals surface area contributed by atoms with Crippen molar-refractivity contribution in [2.24, 2.45) is 7.05 Å². The van der Waals surface area contributed by atoms with Crippen LogP contribution >= 0.6 is 23.2 Å². The number of benzene rings is 1. The Kier molecular flexibility index (Phi) is 3.22. The molecule has 0 bridgehead atoms. The topological polar surface area (TPSA) is 34.9 Å². The minimum absolute atomic E-state index is 0.203. The number of carbonyl (C=O) groups is 1. The van der Waals surface area contributed by atoms with Crippen LogP contribution in [0.25, 0.3) is 0 Å². The van der Waals surface area contributed by atoms with Crippen LogP contribution in [0.3, 0.4) is 0 Å². The van der Waals surface area contributed by atoms with Gasteiger partial charge in [-0.05, 0) is 19.1 Å². The Balaban J connectivity index is 2.55. The molecule has 88 valence electrons. The van der Waals surface area contributed by atoms with Gasteiger partial charge in [-0.1, -0.05) is 35.3 Å². The first kappa shape index (κ1) is 12.1. The average Bonchev–Trinajstić information content (AvgIpc) is 2.53. The number of aryl methyl sites for hydroxylation is 2. The summed E-state index contributed by atoms with van der Waals surface area (Å²) in [6, 6.07) is 6.89. The third-order valence-corrected chi connectivity index (χ3v) is 3.26. The van der Waals surface area contributed by atoms with Gasteiger partial charge >= 0.3 is 0 Å². The maximum absolute atomic E-state index is 12.3. The summed E-state index contributed by atoms with van der Waals surface area (Å²) in [5, 5.41) is 4.85. The van der Waals surface area contributed by atoms with Crippen molar-refractivity contribution in [2.75, 3.05) is 0 Å². The lowest BCUT2D eigenvalue weighted by atomic mass is 10.0. The average molecular weight is 269 g/mol. The number of nitrogens with zero attached hydrogens (tertiary/aromatic N) is 2. The molecule has 0 aliphatic carbocycles. The van der Waals surface area contributed by atoms with Gasteiger partial charge in [0, 0.05) is 12.6 Å². The van der Waals surface area contributed by atoms with E-state index in [-0.39, 0.29) is 5.78 Å². The van der Waals surface area contributed by atoms with Gasteiger partial charge in [0.2, 0.25) is 0 Å². The summed E-state index contributed by atoms with van der Waals surface area (Å²) in [6.45, 7) is 1.75. The fourth-order valence-electron chi connectivity index (χ4n) is 1.67. The highest BCUT2D eigenvalue weighted by Crippen LogP contribution is 2.25. The molecule has 2 aromatic rings. The van der Waals surface area contributed by atoms with Gasteiger partial charge < -0.3 is 0 Å². The molecule has 1 aromatic carbocycles. The maximum Gasteiger partial charge on any atom is 0.199 e. The van der Waals surface area contributed by atoms with Crippen molar-refractivity contribution >= 4 is 29.0 Å². The Bertz CT molecular complexity index is 590. The monoisotopic (exact) mass is 268 g/mol. The van der Waals surface area contributed by atoms with Crippen LogP contribution < -0.4 is 0 Å². The van der Waals surface area contributed by atoms with E-state index in [1.165, 1.54) is 4.68 Å². The van der Waals surface area contributed by atoms with Gasteiger partial charge in [0.05, 0.1) is 16.3 Å². The highest BCUT2D eigenvalue weighted by atomic mass is 35.5. The molecule has 0 aliphatic rings. The van der Waals surface area contributed by atoms with Crippen molar-refractivity contribution in [3.05, 3.63) is 51.3 Å². The lowest BCUT2D eigenvalue weighted by Crippen LogP contribution is -2.03. The van der Waals surface area contributed by atoms with Crippen LogP contribution in [-0.4, -0.2) is 15.6 Å². The molecule has 0 unspecified atom stereocenters. The first-order valence-electron chi connectivity index (χ1n) is 5.00. The summed E-state index contributed by atoms with van der Waals surface area (Å²) in [4.78, 5) is 12.3. The van der Waals surface area contributed by atoms with Gasteiger partial charge in [-0.2, -0.15) is 5.10 Å². The van der Waals surface area contributed by atoms with Gasteiger partial charge in [0.1, 0.15) is 5.15 Å². The third-order valence-electron chi connectivity index (χ3n) is 2.50. The van der Waals surface area contributed by atoms with Crippen LogP contribution in [0.1, 0.15) is 21.6 Å². The molecule has 1 heterocycles. The van der Waals surface area contributed by atoms with Crippen molar-refractivity contribution in [1.29, 1.82) is 0 Å². The summed E-state index contributed by atoms with van der Waals surface area (Å²) in [5.74, 6) is -0.203. The third kappa shape index (κ3) is 2.08. The molecule has 5 heteroatoms. The summed E-state index contributed by atoms with van der Waals surface area (Å²) in [5.41, 5.74) is 1.44. The normalized spacial score (nSPS) is 10.6. The molecule has 0 saturated heterocycles. The largest absolute Gasteiger partial charge is 0.288 e. The molecular formula is C12H10Cl2N2O. The number of carbonyl (C=O) groups excluding carboxylic acids is 1. The minimum Gasteiger partial charge on any atom is -0.288 e. The molecule has 0 atom stereocenters. The lowest BCUT2D eigenvalue weighted by molar-refractivity contribution is 0.103. The summed E-state index contributed by atoms with van der Waals surface area (Å²) in [6.07, 6.45) is 0. The molecule has 0 amide bonds.